The Morgan fingerprint density at radius 1 is 1.39 bits per heavy atom. The SMILES string of the molecule is Cc1ccc(COC2CCC(=NO)CC2)c(Cl)c1. The lowest BCUT2D eigenvalue weighted by Gasteiger charge is -2.23. The molecule has 18 heavy (non-hydrogen) atoms. The van der Waals surface area contributed by atoms with Gasteiger partial charge in [-0.05, 0) is 49.8 Å². The van der Waals surface area contributed by atoms with Crippen molar-refractivity contribution in [3.8, 4) is 0 Å². The zero-order chi connectivity index (χ0) is 13.0. The monoisotopic (exact) mass is 267 g/mol. The van der Waals surface area contributed by atoms with Gasteiger partial charge in [0, 0.05) is 5.02 Å². The molecule has 98 valence electrons. The van der Waals surface area contributed by atoms with Crippen molar-refractivity contribution in [2.45, 2.75) is 45.3 Å². The highest BCUT2D eigenvalue weighted by atomic mass is 35.5. The van der Waals surface area contributed by atoms with E-state index in [9.17, 15) is 0 Å². The largest absolute Gasteiger partial charge is 0.411 e. The summed E-state index contributed by atoms with van der Waals surface area (Å²) in [7, 11) is 0. The van der Waals surface area contributed by atoms with Crippen LogP contribution >= 0.6 is 11.6 Å². The van der Waals surface area contributed by atoms with E-state index in [1.54, 1.807) is 0 Å². The van der Waals surface area contributed by atoms with E-state index in [-0.39, 0.29) is 6.10 Å². The van der Waals surface area contributed by atoms with Gasteiger partial charge in [0.05, 0.1) is 18.4 Å². The summed E-state index contributed by atoms with van der Waals surface area (Å²) in [6, 6.07) is 6.01. The molecule has 1 N–H and O–H groups in total. The second kappa shape index (κ2) is 6.21. The first-order valence-electron chi connectivity index (χ1n) is 6.25. The van der Waals surface area contributed by atoms with E-state index >= 15 is 0 Å². The molecule has 3 nitrogen and oxygen atoms in total. The fourth-order valence-electron chi connectivity index (χ4n) is 2.17. The smallest absolute Gasteiger partial charge is 0.0735 e. The molecule has 0 spiro atoms. The van der Waals surface area contributed by atoms with Gasteiger partial charge in [0.15, 0.2) is 0 Å². The molecule has 4 heteroatoms. The van der Waals surface area contributed by atoms with Crippen molar-refractivity contribution >= 4 is 17.3 Å². The van der Waals surface area contributed by atoms with Gasteiger partial charge in [0.25, 0.3) is 0 Å². The van der Waals surface area contributed by atoms with Gasteiger partial charge in [-0.25, -0.2) is 0 Å². The summed E-state index contributed by atoms with van der Waals surface area (Å²) in [5.41, 5.74) is 3.07. The first-order chi connectivity index (χ1) is 8.69. The zero-order valence-electron chi connectivity index (χ0n) is 10.5. The molecule has 1 fully saturated rings. The summed E-state index contributed by atoms with van der Waals surface area (Å²) in [6.07, 6.45) is 3.73. The van der Waals surface area contributed by atoms with Crippen molar-refractivity contribution in [3.63, 3.8) is 0 Å². The van der Waals surface area contributed by atoms with Crippen LogP contribution in [0.3, 0.4) is 0 Å². The van der Waals surface area contributed by atoms with Gasteiger partial charge in [-0.3, -0.25) is 0 Å². The third-order valence-electron chi connectivity index (χ3n) is 3.33. The van der Waals surface area contributed by atoms with E-state index in [1.807, 2.05) is 25.1 Å². The maximum atomic E-state index is 8.68. The van der Waals surface area contributed by atoms with Crippen LogP contribution in [0.15, 0.2) is 23.4 Å². The van der Waals surface area contributed by atoms with Crippen molar-refractivity contribution in [2.24, 2.45) is 5.16 Å². The van der Waals surface area contributed by atoms with Gasteiger partial charge in [0.1, 0.15) is 0 Å². The van der Waals surface area contributed by atoms with Gasteiger partial charge in [-0.2, -0.15) is 0 Å². The van der Waals surface area contributed by atoms with Crippen LogP contribution in [0, 0.1) is 6.92 Å². The fraction of sp³-hybridized carbons (Fsp3) is 0.500. The normalized spacial score (nSPS) is 19.9. The Hall–Kier alpha value is -1.06. The number of oxime groups is 1. The van der Waals surface area contributed by atoms with E-state index in [1.165, 1.54) is 0 Å². The summed E-state index contributed by atoms with van der Waals surface area (Å²) in [4.78, 5) is 0. The molecule has 1 aliphatic rings. The van der Waals surface area contributed by atoms with Crippen LogP contribution in [-0.2, 0) is 11.3 Å². The second-order valence-electron chi connectivity index (χ2n) is 4.77. The van der Waals surface area contributed by atoms with Crippen molar-refractivity contribution in [2.75, 3.05) is 0 Å². The highest BCUT2D eigenvalue weighted by molar-refractivity contribution is 6.31. The highest BCUT2D eigenvalue weighted by Gasteiger charge is 2.18. The number of benzene rings is 1. The van der Waals surface area contributed by atoms with Crippen LogP contribution in [0.1, 0.15) is 36.8 Å². The molecule has 1 aromatic carbocycles. The number of rotatable bonds is 3. The van der Waals surface area contributed by atoms with E-state index < -0.39 is 0 Å². The summed E-state index contributed by atoms with van der Waals surface area (Å²) in [5.74, 6) is 0. The average molecular weight is 268 g/mol. The maximum Gasteiger partial charge on any atom is 0.0735 e. The van der Waals surface area contributed by atoms with Crippen LogP contribution in [0.2, 0.25) is 5.02 Å². The predicted molar refractivity (Wildman–Crippen MR) is 72.5 cm³/mol. The Morgan fingerprint density at radius 3 is 2.72 bits per heavy atom. The quantitative estimate of drug-likeness (QED) is 0.666. The summed E-state index contributed by atoms with van der Waals surface area (Å²) in [6.45, 7) is 2.57. The average Bonchev–Trinajstić information content (AvgIpc) is 2.38. The molecule has 1 aromatic rings. The molecule has 0 atom stereocenters. The summed E-state index contributed by atoms with van der Waals surface area (Å²) in [5, 5.41) is 12.7. The van der Waals surface area contributed by atoms with Crippen molar-refractivity contribution in [1.29, 1.82) is 0 Å². The van der Waals surface area contributed by atoms with Crippen LogP contribution in [-0.4, -0.2) is 17.0 Å². The lowest BCUT2D eigenvalue weighted by Crippen LogP contribution is -2.21. The van der Waals surface area contributed by atoms with Crippen molar-refractivity contribution in [1.82, 2.24) is 0 Å². The molecule has 2 rings (SSSR count). The van der Waals surface area contributed by atoms with Crippen LogP contribution in [0.25, 0.3) is 0 Å². The van der Waals surface area contributed by atoms with Gasteiger partial charge in [-0.15, -0.1) is 0 Å². The van der Waals surface area contributed by atoms with Gasteiger partial charge < -0.3 is 9.94 Å². The summed E-state index contributed by atoms with van der Waals surface area (Å²) < 4.78 is 5.86. The first kappa shape index (κ1) is 13.4. The van der Waals surface area contributed by atoms with Crippen molar-refractivity contribution in [3.05, 3.63) is 34.3 Å². The predicted octanol–water partition coefficient (Wildman–Crippen LogP) is 3.94. The van der Waals surface area contributed by atoms with E-state index in [4.69, 9.17) is 21.5 Å². The topological polar surface area (TPSA) is 41.8 Å². The zero-order valence-corrected chi connectivity index (χ0v) is 11.3. The minimum atomic E-state index is 0.243. The Balaban J connectivity index is 1.85. The maximum absolute atomic E-state index is 8.68. The van der Waals surface area contributed by atoms with E-state index in [0.717, 1.165) is 47.5 Å². The molecule has 0 bridgehead atoms. The molecule has 0 aliphatic heterocycles. The van der Waals surface area contributed by atoms with Crippen LogP contribution in [0.4, 0.5) is 0 Å². The number of hydrogen-bond acceptors (Lipinski definition) is 3. The standard InChI is InChI=1S/C14H18ClNO2/c1-10-2-3-11(14(15)8-10)9-18-13-6-4-12(16-17)5-7-13/h2-3,8,13,17H,4-7,9H2,1H3. The molecular formula is C14H18ClNO2. The number of hydrogen-bond donors (Lipinski definition) is 1. The van der Waals surface area contributed by atoms with Crippen LogP contribution < -0.4 is 0 Å². The van der Waals surface area contributed by atoms with Crippen LogP contribution in [0.5, 0.6) is 0 Å². The number of nitrogens with zero attached hydrogens (tertiary/aromatic N) is 1. The first-order valence-corrected chi connectivity index (χ1v) is 6.63. The minimum absolute atomic E-state index is 0.243. The molecule has 0 amide bonds. The molecule has 0 saturated heterocycles. The molecule has 1 saturated carbocycles. The Kier molecular flexibility index (Phi) is 4.61. The summed E-state index contributed by atoms with van der Waals surface area (Å²) >= 11 is 6.16. The molecule has 0 aromatic heterocycles. The molecule has 0 heterocycles. The Bertz CT molecular complexity index is 435. The van der Waals surface area contributed by atoms with Gasteiger partial charge >= 0.3 is 0 Å². The lowest BCUT2D eigenvalue weighted by molar-refractivity contribution is 0.0277. The number of aryl methyl sites for hydroxylation is 1. The number of halogens is 1. The lowest BCUT2D eigenvalue weighted by atomic mass is 9.96. The fourth-order valence-corrected chi connectivity index (χ4v) is 2.46. The molecule has 0 radical (unpaired) electrons. The van der Waals surface area contributed by atoms with E-state index in [2.05, 4.69) is 5.16 Å². The third kappa shape index (κ3) is 3.47. The Labute approximate surface area is 112 Å². The van der Waals surface area contributed by atoms with Gasteiger partial charge in [0.2, 0.25) is 0 Å². The second-order valence-corrected chi connectivity index (χ2v) is 5.18. The van der Waals surface area contributed by atoms with Gasteiger partial charge in [-0.1, -0.05) is 28.9 Å². The third-order valence-corrected chi connectivity index (χ3v) is 3.69. The van der Waals surface area contributed by atoms with Crippen molar-refractivity contribution < 1.29 is 9.94 Å². The highest BCUT2D eigenvalue weighted by Crippen LogP contribution is 2.23. The number of ether oxygens (including phenoxy) is 1. The molecule has 0 unspecified atom stereocenters. The minimum Gasteiger partial charge on any atom is -0.411 e. The van der Waals surface area contributed by atoms with E-state index in [0.29, 0.717) is 6.61 Å². The molecular weight excluding hydrogens is 250 g/mol. The Morgan fingerprint density at radius 2 is 2.11 bits per heavy atom. The molecule has 1 aliphatic carbocycles.